The molecule has 0 amide bonds. The lowest BCUT2D eigenvalue weighted by Gasteiger charge is -2.44. The molecule has 2 aliphatic rings. The van der Waals surface area contributed by atoms with Crippen molar-refractivity contribution in [3.05, 3.63) is 197 Å². The molecule has 0 saturated heterocycles. The second-order valence-corrected chi connectivity index (χ2v) is 18.0. The van der Waals surface area contributed by atoms with E-state index in [2.05, 4.69) is 216 Å². The van der Waals surface area contributed by atoms with E-state index in [9.17, 15) is 0 Å². The molecule has 0 unspecified atom stereocenters. The summed E-state index contributed by atoms with van der Waals surface area (Å²) in [4.78, 5) is 5.08. The summed E-state index contributed by atoms with van der Waals surface area (Å²) >= 11 is 0. The van der Waals surface area contributed by atoms with Gasteiger partial charge in [-0.15, -0.1) is 0 Å². The van der Waals surface area contributed by atoms with Crippen molar-refractivity contribution in [2.75, 3.05) is 9.80 Å². The predicted molar refractivity (Wildman–Crippen MR) is 241 cm³/mol. The van der Waals surface area contributed by atoms with Gasteiger partial charge in [-0.1, -0.05) is 151 Å². The number of fused-ring (bicyclic) bond motifs is 4. The number of anilines is 6. The average Bonchev–Trinajstić information content (AvgIpc) is 3.18. The molecule has 2 nitrogen and oxygen atoms in total. The number of aryl methyl sites for hydroxylation is 1. The summed E-state index contributed by atoms with van der Waals surface area (Å²) in [6.07, 6.45) is 1.78. The standard InChI is InChI=1S/C53H51BN2/c1-36-30-49-51-50(31-36)56(44-26-22-42(23-27-44)53(5,6)7)48-29-19-40(33-38-16-12-9-13-17-38)35-46(48)54(51)45-34-39(32-37-14-10-8-11-15-37)18-28-47(45)55(49)43-24-20-41(21-25-43)52(2,3)4/h8-31,34-35H,32-33H2,1-7H3. The van der Waals surface area contributed by atoms with E-state index in [1.54, 1.807) is 0 Å². The van der Waals surface area contributed by atoms with Gasteiger partial charge in [-0.05, 0) is 134 Å². The van der Waals surface area contributed by atoms with Gasteiger partial charge in [-0.3, -0.25) is 0 Å². The molecule has 2 aliphatic heterocycles. The zero-order chi connectivity index (χ0) is 38.8. The highest BCUT2D eigenvalue weighted by atomic mass is 15.2. The van der Waals surface area contributed by atoms with Crippen LogP contribution in [-0.4, -0.2) is 6.71 Å². The number of hydrogen-bond donors (Lipinski definition) is 0. The van der Waals surface area contributed by atoms with Crippen molar-refractivity contribution in [3.8, 4) is 0 Å². The summed E-state index contributed by atoms with van der Waals surface area (Å²) in [5.41, 5.74) is 20.9. The van der Waals surface area contributed by atoms with Gasteiger partial charge in [0.2, 0.25) is 0 Å². The fourth-order valence-corrected chi connectivity index (χ4v) is 8.90. The number of rotatable bonds is 6. The molecule has 0 aromatic heterocycles. The Kier molecular flexibility index (Phi) is 8.81. The lowest BCUT2D eigenvalue weighted by molar-refractivity contribution is 0.590. The predicted octanol–water partition coefficient (Wildman–Crippen LogP) is 11.9. The zero-order valence-corrected chi connectivity index (χ0v) is 33.9. The Labute approximate surface area is 334 Å². The third-order valence-corrected chi connectivity index (χ3v) is 11.8. The number of hydrogen-bond acceptors (Lipinski definition) is 2. The molecular formula is C53H51BN2. The number of nitrogens with zero attached hydrogens (tertiary/aromatic N) is 2. The molecule has 0 saturated carbocycles. The van der Waals surface area contributed by atoms with Gasteiger partial charge < -0.3 is 9.80 Å². The van der Waals surface area contributed by atoms with E-state index in [0.717, 1.165) is 12.8 Å². The molecule has 0 fully saturated rings. The summed E-state index contributed by atoms with van der Waals surface area (Å²) in [5, 5.41) is 0. The van der Waals surface area contributed by atoms with Crippen LogP contribution in [0.15, 0.2) is 158 Å². The Morgan fingerprint density at radius 3 is 1.18 bits per heavy atom. The Morgan fingerprint density at radius 1 is 0.411 bits per heavy atom. The smallest absolute Gasteiger partial charge is 0.252 e. The van der Waals surface area contributed by atoms with Crippen LogP contribution in [0, 0.1) is 6.92 Å². The van der Waals surface area contributed by atoms with Crippen LogP contribution in [0.25, 0.3) is 0 Å². The van der Waals surface area contributed by atoms with Crippen LogP contribution in [0.5, 0.6) is 0 Å². The van der Waals surface area contributed by atoms with Crippen molar-refractivity contribution >= 4 is 57.2 Å². The van der Waals surface area contributed by atoms with E-state index in [1.165, 1.54) is 89.5 Å². The molecule has 3 heteroatoms. The molecule has 7 aromatic rings. The molecule has 0 bridgehead atoms. The number of benzene rings is 7. The maximum absolute atomic E-state index is 2.54. The van der Waals surface area contributed by atoms with E-state index in [-0.39, 0.29) is 17.5 Å². The molecule has 2 heterocycles. The first kappa shape index (κ1) is 35.9. The minimum atomic E-state index is 0.0623. The van der Waals surface area contributed by atoms with Crippen LogP contribution >= 0.6 is 0 Å². The normalized spacial score (nSPS) is 13.3. The SMILES string of the molecule is Cc1cc2c3c(c1)N(c1ccc(C(C)(C)C)cc1)c1ccc(Cc4ccccc4)cc1B3c1cc(Cc3ccccc3)ccc1N2c1ccc(C(C)(C)C)cc1. The summed E-state index contributed by atoms with van der Waals surface area (Å²) in [6, 6.07) is 59.7. The van der Waals surface area contributed by atoms with Crippen molar-refractivity contribution in [2.45, 2.75) is 72.1 Å². The van der Waals surface area contributed by atoms with Crippen LogP contribution in [-0.2, 0) is 23.7 Å². The molecule has 276 valence electrons. The molecule has 7 aromatic carbocycles. The van der Waals surface area contributed by atoms with Gasteiger partial charge in [-0.25, -0.2) is 0 Å². The molecule has 56 heavy (non-hydrogen) atoms. The quantitative estimate of drug-likeness (QED) is 0.157. The largest absolute Gasteiger partial charge is 0.311 e. The van der Waals surface area contributed by atoms with Gasteiger partial charge in [-0.2, -0.15) is 0 Å². The first-order valence-electron chi connectivity index (χ1n) is 20.2. The minimum absolute atomic E-state index is 0.0623. The van der Waals surface area contributed by atoms with Crippen LogP contribution in [0.2, 0.25) is 0 Å². The highest BCUT2D eigenvalue weighted by molar-refractivity contribution is 7.00. The van der Waals surface area contributed by atoms with Crippen molar-refractivity contribution < 1.29 is 0 Å². The Bertz CT molecular complexity index is 2360. The van der Waals surface area contributed by atoms with Crippen molar-refractivity contribution in [1.29, 1.82) is 0 Å². The Morgan fingerprint density at radius 2 is 0.804 bits per heavy atom. The fraction of sp³-hybridized carbons (Fsp3) is 0.208. The van der Waals surface area contributed by atoms with Crippen molar-refractivity contribution in [1.82, 2.24) is 0 Å². The maximum atomic E-state index is 2.54. The van der Waals surface area contributed by atoms with Gasteiger partial charge in [0.25, 0.3) is 6.71 Å². The second kappa shape index (κ2) is 13.7. The van der Waals surface area contributed by atoms with E-state index in [1.807, 2.05) is 0 Å². The molecule has 0 atom stereocenters. The van der Waals surface area contributed by atoms with Crippen LogP contribution in [0.3, 0.4) is 0 Å². The van der Waals surface area contributed by atoms with Crippen molar-refractivity contribution in [3.63, 3.8) is 0 Å². The summed E-state index contributed by atoms with van der Waals surface area (Å²) in [5.74, 6) is 0. The van der Waals surface area contributed by atoms with Gasteiger partial charge in [0.15, 0.2) is 0 Å². The monoisotopic (exact) mass is 726 g/mol. The third kappa shape index (κ3) is 6.54. The summed E-state index contributed by atoms with van der Waals surface area (Å²) in [6.45, 7) is 16.1. The van der Waals surface area contributed by atoms with Gasteiger partial charge >= 0.3 is 0 Å². The van der Waals surface area contributed by atoms with E-state index in [4.69, 9.17) is 0 Å². The van der Waals surface area contributed by atoms with Crippen molar-refractivity contribution in [2.24, 2.45) is 0 Å². The van der Waals surface area contributed by atoms with Gasteiger partial charge in [0.1, 0.15) is 0 Å². The van der Waals surface area contributed by atoms with Crippen LogP contribution < -0.4 is 26.2 Å². The van der Waals surface area contributed by atoms with E-state index >= 15 is 0 Å². The average molecular weight is 727 g/mol. The van der Waals surface area contributed by atoms with E-state index in [0.29, 0.717) is 0 Å². The maximum Gasteiger partial charge on any atom is 0.252 e. The third-order valence-electron chi connectivity index (χ3n) is 11.8. The van der Waals surface area contributed by atoms with Gasteiger partial charge in [0, 0.05) is 34.1 Å². The van der Waals surface area contributed by atoms with E-state index < -0.39 is 0 Å². The summed E-state index contributed by atoms with van der Waals surface area (Å²) < 4.78 is 0. The van der Waals surface area contributed by atoms with Crippen LogP contribution in [0.4, 0.5) is 34.1 Å². The highest BCUT2D eigenvalue weighted by Crippen LogP contribution is 2.45. The second-order valence-electron chi connectivity index (χ2n) is 18.0. The minimum Gasteiger partial charge on any atom is -0.311 e. The Hall–Kier alpha value is -5.80. The first-order chi connectivity index (χ1) is 26.9. The Balaban J connectivity index is 1.30. The van der Waals surface area contributed by atoms with Crippen LogP contribution in [0.1, 0.15) is 80.5 Å². The fourth-order valence-electron chi connectivity index (χ4n) is 8.90. The molecule has 0 radical (unpaired) electrons. The lowest BCUT2D eigenvalue weighted by Crippen LogP contribution is -2.61. The molecular weight excluding hydrogens is 675 g/mol. The molecule has 0 spiro atoms. The topological polar surface area (TPSA) is 6.48 Å². The first-order valence-corrected chi connectivity index (χ1v) is 20.2. The molecule has 0 N–H and O–H groups in total. The molecule has 0 aliphatic carbocycles. The molecule has 9 rings (SSSR count). The summed E-state index contributed by atoms with van der Waals surface area (Å²) in [7, 11) is 0. The lowest BCUT2D eigenvalue weighted by atomic mass is 9.33. The van der Waals surface area contributed by atoms with Gasteiger partial charge in [0.05, 0.1) is 0 Å². The zero-order valence-electron chi connectivity index (χ0n) is 33.9. The highest BCUT2D eigenvalue weighted by Gasteiger charge is 2.43.